The van der Waals surface area contributed by atoms with Gasteiger partial charge in [0.05, 0.1) is 17.4 Å². The first-order chi connectivity index (χ1) is 8.58. The van der Waals surface area contributed by atoms with Crippen molar-refractivity contribution in [3.05, 3.63) is 30.3 Å². The molecule has 1 unspecified atom stereocenters. The second-order valence-corrected chi connectivity index (χ2v) is 6.66. The van der Waals surface area contributed by atoms with Crippen LogP contribution >= 0.6 is 11.8 Å². The molecule has 1 amide bonds. The Hall–Kier alpha value is -1.00. The molecule has 1 saturated heterocycles. The summed E-state index contributed by atoms with van der Waals surface area (Å²) in [6.45, 7) is 5.29. The van der Waals surface area contributed by atoms with Crippen LogP contribution in [0.25, 0.3) is 0 Å². The van der Waals surface area contributed by atoms with E-state index in [0.29, 0.717) is 6.61 Å². The predicted octanol–water partition coefficient (Wildman–Crippen LogP) is 2.46. The monoisotopic (exact) mass is 265 g/mol. The molecule has 0 bridgehead atoms. The lowest BCUT2D eigenvalue weighted by molar-refractivity contribution is -0.123. The number of carbonyl (C=O) groups excluding carboxylic acids is 1. The van der Waals surface area contributed by atoms with Crippen molar-refractivity contribution in [1.29, 1.82) is 0 Å². The van der Waals surface area contributed by atoms with Crippen LogP contribution in [0.3, 0.4) is 0 Å². The molecule has 3 nitrogen and oxygen atoms in total. The topological polar surface area (TPSA) is 38.3 Å². The van der Waals surface area contributed by atoms with Crippen LogP contribution in [0.15, 0.2) is 35.2 Å². The average molecular weight is 265 g/mol. The van der Waals surface area contributed by atoms with Crippen molar-refractivity contribution < 1.29 is 9.53 Å². The Balaban J connectivity index is 1.94. The van der Waals surface area contributed by atoms with Gasteiger partial charge in [-0.05, 0) is 32.4 Å². The van der Waals surface area contributed by atoms with Crippen LogP contribution in [0.2, 0.25) is 0 Å². The number of thioether (sulfide) groups is 1. The summed E-state index contributed by atoms with van der Waals surface area (Å²) >= 11 is 1.58. The van der Waals surface area contributed by atoms with Gasteiger partial charge in [-0.25, -0.2) is 0 Å². The zero-order valence-corrected chi connectivity index (χ0v) is 11.6. The summed E-state index contributed by atoms with van der Waals surface area (Å²) in [5.41, 5.74) is 0. The number of rotatable bonds is 4. The second-order valence-electron chi connectivity index (χ2n) is 4.96. The highest BCUT2D eigenvalue weighted by Crippen LogP contribution is 2.32. The summed E-state index contributed by atoms with van der Waals surface area (Å²) < 4.78 is 4.80. The maximum absolute atomic E-state index is 12.2. The molecule has 1 N–H and O–H groups in total. The van der Waals surface area contributed by atoms with E-state index in [4.69, 9.17) is 4.74 Å². The quantitative estimate of drug-likeness (QED) is 0.850. The minimum absolute atomic E-state index is 0.0758. The van der Waals surface area contributed by atoms with Crippen LogP contribution in [0.4, 0.5) is 0 Å². The number of ether oxygens (including phenoxy) is 1. The van der Waals surface area contributed by atoms with Crippen LogP contribution in [0, 0.1) is 0 Å². The normalized spacial score (nSPS) is 19.8. The predicted molar refractivity (Wildman–Crippen MR) is 73.7 cm³/mol. The highest BCUT2D eigenvalue weighted by atomic mass is 32.2. The Morgan fingerprint density at radius 1 is 1.39 bits per heavy atom. The van der Waals surface area contributed by atoms with E-state index < -0.39 is 4.75 Å². The van der Waals surface area contributed by atoms with Crippen molar-refractivity contribution >= 4 is 17.7 Å². The molecule has 1 atom stereocenters. The maximum Gasteiger partial charge on any atom is 0.236 e. The van der Waals surface area contributed by atoms with Crippen LogP contribution in [0.5, 0.6) is 0 Å². The van der Waals surface area contributed by atoms with Gasteiger partial charge < -0.3 is 10.1 Å². The van der Waals surface area contributed by atoms with E-state index in [1.165, 1.54) is 0 Å². The van der Waals surface area contributed by atoms with Crippen LogP contribution < -0.4 is 5.32 Å². The number of hydrogen-bond acceptors (Lipinski definition) is 3. The molecule has 1 aliphatic heterocycles. The van der Waals surface area contributed by atoms with Crippen LogP contribution in [-0.2, 0) is 9.53 Å². The van der Waals surface area contributed by atoms with E-state index in [2.05, 4.69) is 5.32 Å². The van der Waals surface area contributed by atoms with Gasteiger partial charge in [-0.2, -0.15) is 0 Å². The van der Waals surface area contributed by atoms with Crippen molar-refractivity contribution in [2.45, 2.75) is 36.0 Å². The fraction of sp³-hybridized carbons (Fsp3) is 0.500. The van der Waals surface area contributed by atoms with Crippen LogP contribution in [-0.4, -0.2) is 29.9 Å². The van der Waals surface area contributed by atoms with Crippen molar-refractivity contribution in [2.24, 2.45) is 0 Å². The molecule has 0 aliphatic carbocycles. The van der Waals surface area contributed by atoms with E-state index >= 15 is 0 Å². The molecule has 0 spiro atoms. The van der Waals surface area contributed by atoms with Crippen molar-refractivity contribution in [2.75, 3.05) is 13.2 Å². The first kappa shape index (κ1) is 13.4. The molecule has 1 aliphatic rings. The lowest BCUT2D eigenvalue weighted by Gasteiger charge is -2.24. The average Bonchev–Trinajstić information content (AvgIpc) is 2.82. The van der Waals surface area contributed by atoms with E-state index in [9.17, 15) is 4.79 Å². The van der Waals surface area contributed by atoms with Crippen molar-refractivity contribution in [3.8, 4) is 0 Å². The summed E-state index contributed by atoms with van der Waals surface area (Å²) in [6, 6.07) is 10.2. The van der Waals surface area contributed by atoms with E-state index in [1.54, 1.807) is 11.8 Å². The third-order valence-electron chi connectivity index (χ3n) is 2.93. The highest BCUT2D eigenvalue weighted by molar-refractivity contribution is 8.01. The SMILES string of the molecule is CC(C)(Sc1ccccc1)C(=O)NC1CCOC1. The molecule has 1 aromatic carbocycles. The smallest absolute Gasteiger partial charge is 0.236 e. The molecule has 1 fully saturated rings. The van der Waals surface area contributed by atoms with Crippen molar-refractivity contribution in [1.82, 2.24) is 5.32 Å². The van der Waals surface area contributed by atoms with E-state index in [1.807, 2.05) is 44.2 Å². The van der Waals surface area contributed by atoms with E-state index in [0.717, 1.165) is 17.9 Å². The molecule has 2 rings (SSSR count). The zero-order chi connectivity index (χ0) is 13.0. The maximum atomic E-state index is 12.2. The summed E-state index contributed by atoms with van der Waals surface area (Å²) in [6.07, 6.45) is 0.915. The van der Waals surface area contributed by atoms with Gasteiger partial charge in [-0.15, -0.1) is 11.8 Å². The molecular formula is C14H19NO2S. The second kappa shape index (κ2) is 5.76. The van der Waals surface area contributed by atoms with Crippen LogP contribution in [0.1, 0.15) is 20.3 Å². The molecule has 98 valence electrons. The van der Waals surface area contributed by atoms with E-state index in [-0.39, 0.29) is 11.9 Å². The first-order valence-electron chi connectivity index (χ1n) is 6.21. The van der Waals surface area contributed by atoms with Gasteiger partial charge in [0, 0.05) is 11.5 Å². The van der Waals surface area contributed by atoms with Gasteiger partial charge in [-0.1, -0.05) is 18.2 Å². The number of amides is 1. The lowest BCUT2D eigenvalue weighted by atomic mass is 10.1. The summed E-state index contributed by atoms with van der Waals surface area (Å²) in [7, 11) is 0. The summed E-state index contributed by atoms with van der Waals surface area (Å²) in [4.78, 5) is 13.3. The zero-order valence-electron chi connectivity index (χ0n) is 10.8. The molecule has 0 radical (unpaired) electrons. The molecular weight excluding hydrogens is 246 g/mol. The molecule has 1 heterocycles. The van der Waals surface area contributed by atoms with Crippen molar-refractivity contribution in [3.63, 3.8) is 0 Å². The molecule has 18 heavy (non-hydrogen) atoms. The Bertz CT molecular complexity index is 400. The highest BCUT2D eigenvalue weighted by Gasteiger charge is 2.31. The minimum atomic E-state index is -0.468. The summed E-state index contributed by atoms with van der Waals surface area (Å²) in [5.74, 6) is 0.0758. The standard InChI is InChI=1S/C14H19NO2S/c1-14(2,18-12-6-4-3-5-7-12)13(16)15-11-8-9-17-10-11/h3-7,11H,8-10H2,1-2H3,(H,15,16). The molecule has 0 aromatic heterocycles. The third-order valence-corrected chi connectivity index (χ3v) is 4.13. The largest absolute Gasteiger partial charge is 0.379 e. The Morgan fingerprint density at radius 3 is 2.72 bits per heavy atom. The Morgan fingerprint density at radius 2 is 2.11 bits per heavy atom. The van der Waals surface area contributed by atoms with Gasteiger partial charge in [0.25, 0.3) is 0 Å². The Kier molecular flexibility index (Phi) is 4.30. The number of carbonyl (C=O) groups is 1. The first-order valence-corrected chi connectivity index (χ1v) is 7.02. The minimum Gasteiger partial charge on any atom is -0.379 e. The van der Waals surface area contributed by atoms with Gasteiger partial charge >= 0.3 is 0 Å². The Labute approximate surface area is 112 Å². The number of benzene rings is 1. The fourth-order valence-corrected chi connectivity index (χ4v) is 2.87. The summed E-state index contributed by atoms with van der Waals surface area (Å²) in [5, 5.41) is 3.05. The fourth-order valence-electron chi connectivity index (χ4n) is 1.84. The molecule has 1 aromatic rings. The number of hydrogen-bond donors (Lipinski definition) is 1. The third kappa shape index (κ3) is 3.50. The molecule has 4 heteroatoms. The lowest BCUT2D eigenvalue weighted by Crippen LogP contribution is -2.45. The molecule has 0 saturated carbocycles. The number of nitrogens with one attached hydrogen (secondary N) is 1. The van der Waals surface area contributed by atoms with Gasteiger partial charge in [0.1, 0.15) is 0 Å². The van der Waals surface area contributed by atoms with Gasteiger partial charge in [0.15, 0.2) is 0 Å². The van der Waals surface area contributed by atoms with Gasteiger partial charge in [0.2, 0.25) is 5.91 Å². The van der Waals surface area contributed by atoms with Gasteiger partial charge in [-0.3, -0.25) is 4.79 Å².